The van der Waals surface area contributed by atoms with E-state index in [-0.39, 0.29) is 0 Å². The summed E-state index contributed by atoms with van der Waals surface area (Å²) in [7, 11) is 4.38. The molecule has 0 nitrogen and oxygen atoms in total. The maximum Gasteiger partial charge on any atom is -0.0118 e. The van der Waals surface area contributed by atoms with Gasteiger partial charge in [-0.1, -0.05) is 60.9 Å². The van der Waals surface area contributed by atoms with Gasteiger partial charge in [0.25, 0.3) is 0 Å². The number of unbranched alkanes of at least 4 members (excludes halogenated alkanes) is 6. The third-order valence-corrected chi connectivity index (χ3v) is 7.84. The molecule has 0 aromatic carbocycles. The van der Waals surface area contributed by atoms with E-state index < -0.39 is 0 Å². The van der Waals surface area contributed by atoms with E-state index in [4.69, 9.17) is 0 Å². The van der Waals surface area contributed by atoms with Crippen molar-refractivity contribution in [2.75, 3.05) is 0 Å². The smallest absolute Gasteiger partial charge is 0.0118 e. The van der Waals surface area contributed by atoms with Crippen LogP contribution in [0, 0.1) is 0 Å². The average molecular weight is 246 g/mol. The van der Waals surface area contributed by atoms with Crippen molar-refractivity contribution in [1.29, 1.82) is 0 Å². The number of hydrogen-bond acceptors (Lipinski definition) is 0. The van der Waals surface area contributed by atoms with Crippen LogP contribution in [0.4, 0.5) is 0 Å². The molecule has 14 heavy (non-hydrogen) atoms. The summed E-state index contributed by atoms with van der Waals surface area (Å²) in [6.45, 7) is 2.28. The van der Waals surface area contributed by atoms with E-state index in [9.17, 15) is 0 Å². The molecule has 80 valence electrons. The highest BCUT2D eigenvalue weighted by Gasteiger charge is 1.94. The van der Waals surface area contributed by atoms with Crippen molar-refractivity contribution in [1.82, 2.24) is 0 Å². The summed E-state index contributed by atoms with van der Waals surface area (Å²) in [6, 6.07) is 0. The van der Waals surface area contributed by atoms with Crippen LogP contribution in [0.1, 0.15) is 57.2 Å². The van der Waals surface area contributed by atoms with Crippen molar-refractivity contribution in [2.45, 2.75) is 58.3 Å². The van der Waals surface area contributed by atoms with Crippen molar-refractivity contribution in [3.63, 3.8) is 0 Å². The molecule has 0 aliphatic heterocycles. The Bertz CT molecular complexity index is 206. The fourth-order valence-electron chi connectivity index (χ4n) is 1.61. The molecule has 0 amide bonds. The fraction of sp³-hybridized carbons (Fsp3) is 0.818. The minimum atomic E-state index is 1.15. The number of hydrogen-bond donors (Lipinski definition) is 0. The lowest BCUT2D eigenvalue weighted by atomic mass is 10.1. The maximum absolute atomic E-state index is 2.44. The van der Waals surface area contributed by atoms with Crippen LogP contribution < -0.4 is 0 Å². The fourth-order valence-corrected chi connectivity index (χ4v) is 7.38. The van der Waals surface area contributed by atoms with Gasteiger partial charge in [0.1, 0.15) is 0 Å². The summed E-state index contributed by atoms with van der Waals surface area (Å²) in [5, 5.41) is 1.72. The van der Waals surface area contributed by atoms with Crippen LogP contribution in [0.15, 0.2) is 5.80 Å². The molecule has 0 saturated heterocycles. The standard InChI is InChI=1S/C11H21P3/c1-2-3-4-5-6-7-8-9-11-10-12-14-13-11/h10,14H,2-9H2,1H3. The van der Waals surface area contributed by atoms with Crippen LogP contribution in [0.2, 0.25) is 0 Å². The Morgan fingerprint density at radius 1 is 1.07 bits per heavy atom. The van der Waals surface area contributed by atoms with Gasteiger partial charge in [0.05, 0.1) is 0 Å². The van der Waals surface area contributed by atoms with Crippen molar-refractivity contribution in [3.8, 4) is 0 Å². The summed E-state index contributed by atoms with van der Waals surface area (Å²) in [4.78, 5) is 0. The zero-order chi connectivity index (χ0) is 10.1. The van der Waals surface area contributed by atoms with E-state index >= 15 is 0 Å². The van der Waals surface area contributed by atoms with Gasteiger partial charge in [-0.3, -0.25) is 0 Å². The van der Waals surface area contributed by atoms with Gasteiger partial charge in [0, 0.05) is 0 Å². The Labute approximate surface area is 93.0 Å². The second-order valence-corrected chi connectivity index (χ2v) is 9.19. The molecule has 1 aromatic rings. The summed E-state index contributed by atoms with van der Waals surface area (Å²) in [5.74, 6) is 2.44. The van der Waals surface area contributed by atoms with Crippen LogP contribution in [-0.4, -0.2) is 0 Å². The summed E-state index contributed by atoms with van der Waals surface area (Å²) in [5.41, 5.74) is 0. The molecule has 0 fully saturated rings. The van der Waals surface area contributed by atoms with Crippen molar-refractivity contribution >= 4 is 23.3 Å². The summed E-state index contributed by atoms with van der Waals surface area (Å²) < 4.78 is 0. The minimum absolute atomic E-state index is 1.15. The van der Waals surface area contributed by atoms with Gasteiger partial charge in [0.15, 0.2) is 0 Å². The Balaban J connectivity index is 1.85. The first kappa shape index (κ1) is 12.7. The Kier molecular flexibility index (Phi) is 8.09. The predicted molar refractivity (Wildman–Crippen MR) is 72.7 cm³/mol. The van der Waals surface area contributed by atoms with Gasteiger partial charge in [-0.25, -0.2) is 0 Å². The van der Waals surface area contributed by atoms with Crippen LogP contribution in [0.5, 0.6) is 0 Å². The van der Waals surface area contributed by atoms with Crippen molar-refractivity contribution in [3.05, 3.63) is 11.1 Å². The van der Waals surface area contributed by atoms with Gasteiger partial charge in [0.2, 0.25) is 0 Å². The molecule has 0 N–H and O–H groups in total. The van der Waals surface area contributed by atoms with Crippen LogP contribution in [0.3, 0.4) is 0 Å². The highest BCUT2D eigenvalue weighted by molar-refractivity contribution is 8.17. The zero-order valence-electron chi connectivity index (χ0n) is 9.13. The van der Waals surface area contributed by atoms with Crippen LogP contribution in [-0.2, 0) is 6.42 Å². The van der Waals surface area contributed by atoms with Gasteiger partial charge in [-0.2, -0.15) is 0 Å². The molecule has 0 bridgehead atoms. The molecule has 1 aromatic heterocycles. The van der Waals surface area contributed by atoms with E-state index in [2.05, 4.69) is 12.7 Å². The van der Waals surface area contributed by atoms with Gasteiger partial charge in [-0.15, -0.1) is 0 Å². The van der Waals surface area contributed by atoms with E-state index in [1.807, 2.05) is 0 Å². The molecule has 1 unspecified atom stereocenters. The van der Waals surface area contributed by atoms with Crippen LogP contribution in [0.25, 0.3) is 0 Å². The molecular formula is C11H21P3. The van der Waals surface area contributed by atoms with E-state index in [0.717, 1.165) is 7.55 Å². The lowest BCUT2D eigenvalue weighted by Crippen LogP contribution is -1.82. The predicted octanol–water partition coefficient (Wildman–Crippen LogP) is 6.17. The second-order valence-electron chi connectivity index (χ2n) is 3.83. The Morgan fingerprint density at radius 3 is 2.43 bits per heavy atom. The first-order chi connectivity index (χ1) is 6.93. The van der Waals surface area contributed by atoms with Crippen molar-refractivity contribution < 1.29 is 0 Å². The third kappa shape index (κ3) is 6.19. The molecule has 0 spiro atoms. The maximum atomic E-state index is 2.44. The molecular weight excluding hydrogens is 225 g/mol. The van der Waals surface area contributed by atoms with E-state index in [0.29, 0.717) is 0 Å². The lowest BCUT2D eigenvalue weighted by molar-refractivity contribution is 0.590. The summed E-state index contributed by atoms with van der Waals surface area (Å²) >= 11 is 0. The largest absolute Gasteiger partial charge is 0.0816 e. The number of rotatable bonds is 8. The van der Waals surface area contributed by atoms with E-state index in [1.165, 1.54) is 51.4 Å². The highest BCUT2D eigenvalue weighted by Crippen LogP contribution is 2.37. The number of aryl methyl sites for hydroxylation is 1. The van der Waals surface area contributed by atoms with Gasteiger partial charge in [-0.05, 0) is 31.8 Å². The molecule has 0 aliphatic carbocycles. The molecule has 0 radical (unpaired) electrons. The third-order valence-electron chi connectivity index (χ3n) is 2.50. The highest BCUT2D eigenvalue weighted by atomic mass is 32.1. The molecule has 1 heterocycles. The minimum Gasteiger partial charge on any atom is -0.0816 e. The topological polar surface area (TPSA) is 0 Å². The molecule has 0 saturated carbocycles. The van der Waals surface area contributed by atoms with Crippen LogP contribution >= 0.6 is 23.3 Å². The lowest BCUT2D eigenvalue weighted by Gasteiger charge is -1.99. The van der Waals surface area contributed by atoms with Crippen molar-refractivity contribution in [2.24, 2.45) is 0 Å². The van der Waals surface area contributed by atoms with Gasteiger partial charge < -0.3 is 0 Å². The molecule has 1 atom stereocenters. The average Bonchev–Trinajstić information content (AvgIpc) is 2.69. The molecule has 1 rings (SSSR count). The first-order valence-electron chi connectivity index (χ1n) is 5.78. The quantitative estimate of drug-likeness (QED) is 0.481. The van der Waals surface area contributed by atoms with Gasteiger partial charge >= 0.3 is 0 Å². The Morgan fingerprint density at radius 2 is 1.79 bits per heavy atom. The van der Waals surface area contributed by atoms with E-state index in [1.54, 1.807) is 21.0 Å². The monoisotopic (exact) mass is 246 g/mol. The summed E-state index contributed by atoms with van der Waals surface area (Å²) in [6.07, 6.45) is 11.5. The molecule has 3 heteroatoms. The first-order valence-corrected chi connectivity index (χ1v) is 10.3. The Hall–Kier alpha value is 0.640. The molecule has 0 aliphatic rings. The SMILES string of the molecule is CCCCCCCCCc1cp[pH]p1. The second kappa shape index (κ2) is 8.91. The normalized spacial score (nSPS) is 12.4. The zero-order valence-corrected chi connectivity index (χ0v) is 11.9.